The first-order valence-corrected chi connectivity index (χ1v) is 7.67. The summed E-state index contributed by atoms with van der Waals surface area (Å²) in [7, 11) is 0. The summed E-state index contributed by atoms with van der Waals surface area (Å²) in [6, 6.07) is 10.3. The summed E-state index contributed by atoms with van der Waals surface area (Å²) in [6.07, 6.45) is -0.867. The molecule has 0 aliphatic heterocycles. The number of nitrogens with zero attached hydrogens (tertiary/aromatic N) is 1. The van der Waals surface area contributed by atoms with E-state index in [2.05, 4.69) is 5.32 Å². The van der Waals surface area contributed by atoms with Crippen LogP contribution in [-0.4, -0.2) is 29.1 Å². The van der Waals surface area contributed by atoms with Crippen LogP contribution in [0.25, 0.3) is 0 Å². The Hall–Kier alpha value is -2.47. The third-order valence-corrected chi connectivity index (χ3v) is 3.72. The van der Waals surface area contributed by atoms with E-state index in [4.69, 9.17) is 0 Å². The molecule has 2 amide bonds. The summed E-state index contributed by atoms with van der Waals surface area (Å²) in [5.74, 6) is -2.14. The Labute approximate surface area is 139 Å². The molecule has 0 heterocycles. The highest BCUT2D eigenvalue weighted by molar-refractivity contribution is 5.89. The standard InChI is InChI=1S/C18H20F2N2O2/c1-3-22(11-16(23)13-9-7-12(2)8-10-13)18(24)21-15-6-4-5-14(19)17(15)20/h4-10,16,23H,3,11H2,1-2H3,(H,21,24). The van der Waals surface area contributed by atoms with Gasteiger partial charge in [-0.15, -0.1) is 0 Å². The van der Waals surface area contributed by atoms with Crippen molar-refractivity contribution >= 4 is 11.7 Å². The van der Waals surface area contributed by atoms with E-state index in [1.165, 1.54) is 17.0 Å². The molecular formula is C18H20F2N2O2. The normalized spacial score (nSPS) is 11.9. The van der Waals surface area contributed by atoms with Crippen LogP contribution in [0.3, 0.4) is 0 Å². The summed E-state index contributed by atoms with van der Waals surface area (Å²) in [5, 5.41) is 12.6. The zero-order valence-electron chi connectivity index (χ0n) is 13.6. The van der Waals surface area contributed by atoms with Crippen LogP contribution in [0.15, 0.2) is 42.5 Å². The van der Waals surface area contributed by atoms with Crippen molar-refractivity contribution in [2.24, 2.45) is 0 Å². The number of rotatable bonds is 5. The van der Waals surface area contributed by atoms with Gasteiger partial charge in [-0.1, -0.05) is 35.9 Å². The zero-order valence-corrected chi connectivity index (χ0v) is 13.6. The Morgan fingerprint density at radius 1 is 1.21 bits per heavy atom. The molecule has 0 saturated heterocycles. The predicted molar refractivity (Wildman–Crippen MR) is 88.8 cm³/mol. The molecule has 2 N–H and O–H groups in total. The number of anilines is 1. The summed E-state index contributed by atoms with van der Waals surface area (Å²) >= 11 is 0. The van der Waals surface area contributed by atoms with Crippen molar-refractivity contribution in [1.29, 1.82) is 0 Å². The minimum absolute atomic E-state index is 0.0440. The molecule has 2 rings (SSSR count). The first-order chi connectivity index (χ1) is 11.4. The molecule has 24 heavy (non-hydrogen) atoms. The number of amides is 2. The smallest absolute Gasteiger partial charge is 0.322 e. The first kappa shape index (κ1) is 17.9. The molecule has 2 aromatic rings. The third-order valence-electron chi connectivity index (χ3n) is 3.72. The number of hydrogen-bond acceptors (Lipinski definition) is 2. The molecule has 0 fully saturated rings. The van der Waals surface area contributed by atoms with Gasteiger partial charge in [-0.3, -0.25) is 0 Å². The second kappa shape index (κ2) is 7.88. The molecule has 0 bridgehead atoms. The lowest BCUT2D eigenvalue weighted by Crippen LogP contribution is -2.38. The van der Waals surface area contributed by atoms with E-state index in [-0.39, 0.29) is 12.2 Å². The van der Waals surface area contributed by atoms with E-state index in [9.17, 15) is 18.7 Å². The number of hydrogen-bond donors (Lipinski definition) is 2. The molecule has 1 unspecified atom stereocenters. The van der Waals surface area contributed by atoms with E-state index in [1.54, 1.807) is 19.1 Å². The van der Waals surface area contributed by atoms with Crippen LogP contribution in [0, 0.1) is 18.6 Å². The number of aliphatic hydroxyl groups is 1. The molecular weight excluding hydrogens is 314 g/mol. The maximum atomic E-state index is 13.6. The third kappa shape index (κ3) is 4.29. The monoisotopic (exact) mass is 334 g/mol. The van der Waals surface area contributed by atoms with Crippen molar-refractivity contribution in [3.05, 3.63) is 65.2 Å². The Bertz CT molecular complexity index is 705. The molecule has 128 valence electrons. The van der Waals surface area contributed by atoms with Crippen LogP contribution in [0.1, 0.15) is 24.2 Å². The van der Waals surface area contributed by atoms with Gasteiger partial charge >= 0.3 is 6.03 Å². The number of nitrogens with one attached hydrogen (secondary N) is 1. The molecule has 0 aliphatic carbocycles. The highest BCUT2D eigenvalue weighted by Crippen LogP contribution is 2.19. The predicted octanol–water partition coefficient (Wildman–Crippen LogP) is 3.86. The van der Waals surface area contributed by atoms with Crippen LogP contribution in [-0.2, 0) is 0 Å². The van der Waals surface area contributed by atoms with Crippen molar-refractivity contribution in [3.8, 4) is 0 Å². The van der Waals surface area contributed by atoms with E-state index in [1.807, 2.05) is 19.1 Å². The Balaban J connectivity index is 2.05. The van der Waals surface area contributed by atoms with Gasteiger partial charge in [0.1, 0.15) is 0 Å². The number of likely N-dealkylation sites (N-methyl/N-ethyl adjacent to an activating group) is 1. The fourth-order valence-electron chi connectivity index (χ4n) is 2.25. The number of carbonyl (C=O) groups excluding carboxylic acids is 1. The number of halogens is 2. The maximum absolute atomic E-state index is 13.6. The SMILES string of the molecule is CCN(CC(O)c1ccc(C)cc1)C(=O)Nc1cccc(F)c1F. The molecule has 0 spiro atoms. The Kier molecular flexibility index (Phi) is 5.87. The van der Waals surface area contributed by atoms with Crippen molar-refractivity contribution in [3.63, 3.8) is 0 Å². The van der Waals surface area contributed by atoms with Gasteiger partial charge in [-0.25, -0.2) is 13.6 Å². The lowest BCUT2D eigenvalue weighted by atomic mass is 10.1. The lowest BCUT2D eigenvalue weighted by Gasteiger charge is -2.24. The number of aliphatic hydroxyl groups excluding tert-OH is 1. The van der Waals surface area contributed by atoms with Crippen molar-refractivity contribution < 1.29 is 18.7 Å². The average Bonchev–Trinajstić information content (AvgIpc) is 2.57. The van der Waals surface area contributed by atoms with Crippen molar-refractivity contribution in [2.45, 2.75) is 20.0 Å². The van der Waals surface area contributed by atoms with E-state index < -0.39 is 23.8 Å². The van der Waals surface area contributed by atoms with E-state index in [0.29, 0.717) is 12.1 Å². The molecule has 0 radical (unpaired) electrons. The highest BCUT2D eigenvalue weighted by Gasteiger charge is 2.19. The molecule has 1 atom stereocenters. The number of urea groups is 1. The molecule has 4 nitrogen and oxygen atoms in total. The van der Waals surface area contributed by atoms with Crippen LogP contribution < -0.4 is 5.32 Å². The molecule has 0 saturated carbocycles. The Morgan fingerprint density at radius 3 is 2.50 bits per heavy atom. The van der Waals surface area contributed by atoms with Gasteiger partial charge in [-0.2, -0.15) is 0 Å². The van der Waals surface area contributed by atoms with Gasteiger partial charge in [0.25, 0.3) is 0 Å². The van der Waals surface area contributed by atoms with Gasteiger partial charge in [-0.05, 0) is 31.5 Å². The summed E-state index contributed by atoms with van der Waals surface area (Å²) in [4.78, 5) is 13.6. The minimum Gasteiger partial charge on any atom is -0.387 e. The van der Waals surface area contributed by atoms with Crippen molar-refractivity contribution in [1.82, 2.24) is 4.90 Å². The van der Waals surface area contributed by atoms with Gasteiger partial charge in [0.2, 0.25) is 0 Å². The topological polar surface area (TPSA) is 52.6 Å². The lowest BCUT2D eigenvalue weighted by molar-refractivity contribution is 0.128. The minimum atomic E-state index is -1.11. The Morgan fingerprint density at radius 2 is 1.88 bits per heavy atom. The highest BCUT2D eigenvalue weighted by atomic mass is 19.2. The van der Waals surface area contributed by atoms with Crippen LogP contribution >= 0.6 is 0 Å². The van der Waals surface area contributed by atoms with E-state index in [0.717, 1.165) is 11.6 Å². The number of carbonyl (C=O) groups is 1. The quantitative estimate of drug-likeness (QED) is 0.872. The van der Waals surface area contributed by atoms with E-state index >= 15 is 0 Å². The first-order valence-electron chi connectivity index (χ1n) is 7.67. The van der Waals surface area contributed by atoms with Crippen molar-refractivity contribution in [2.75, 3.05) is 18.4 Å². The largest absolute Gasteiger partial charge is 0.387 e. The fraction of sp³-hybridized carbons (Fsp3) is 0.278. The maximum Gasteiger partial charge on any atom is 0.322 e. The van der Waals surface area contributed by atoms with Crippen LogP contribution in [0.5, 0.6) is 0 Å². The second-order valence-electron chi connectivity index (χ2n) is 5.50. The number of aryl methyl sites for hydroxylation is 1. The van der Waals surface area contributed by atoms with Gasteiger partial charge in [0, 0.05) is 6.54 Å². The number of benzene rings is 2. The summed E-state index contributed by atoms with van der Waals surface area (Å²) in [6.45, 7) is 4.03. The van der Waals surface area contributed by atoms with Gasteiger partial charge < -0.3 is 15.3 Å². The van der Waals surface area contributed by atoms with Crippen LogP contribution in [0.2, 0.25) is 0 Å². The molecule has 2 aromatic carbocycles. The molecule has 6 heteroatoms. The average molecular weight is 334 g/mol. The van der Waals surface area contributed by atoms with Crippen LogP contribution in [0.4, 0.5) is 19.3 Å². The van der Waals surface area contributed by atoms with Gasteiger partial charge in [0.15, 0.2) is 11.6 Å². The molecule has 0 aliphatic rings. The molecule has 0 aromatic heterocycles. The summed E-state index contributed by atoms with van der Waals surface area (Å²) in [5.41, 5.74) is 1.52. The zero-order chi connectivity index (χ0) is 17.7. The summed E-state index contributed by atoms with van der Waals surface area (Å²) < 4.78 is 26.8. The second-order valence-corrected chi connectivity index (χ2v) is 5.50. The van der Waals surface area contributed by atoms with Gasteiger partial charge in [0.05, 0.1) is 18.3 Å². The fourth-order valence-corrected chi connectivity index (χ4v) is 2.25.